The van der Waals surface area contributed by atoms with Crippen molar-refractivity contribution in [3.05, 3.63) is 53.6 Å². The van der Waals surface area contributed by atoms with Crippen molar-refractivity contribution >= 4 is 11.4 Å². The molecule has 24 heavy (non-hydrogen) atoms. The van der Waals surface area contributed by atoms with Gasteiger partial charge in [-0.3, -0.25) is 4.99 Å². The van der Waals surface area contributed by atoms with E-state index in [0.29, 0.717) is 29.6 Å². The van der Waals surface area contributed by atoms with E-state index >= 15 is 0 Å². The van der Waals surface area contributed by atoms with Crippen LogP contribution >= 0.6 is 0 Å². The third kappa shape index (κ3) is 3.46. The van der Waals surface area contributed by atoms with E-state index in [2.05, 4.69) is 11.6 Å². The Morgan fingerprint density at radius 1 is 1.17 bits per heavy atom. The highest BCUT2D eigenvalue weighted by molar-refractivity contribution is 6.11. The first-order chi connectivity index (χ1) is 11.4. The molecule has 2 aliphatic rings. The maximum Gasteiger partial charge on any atom is 0.416 e. The molecule has 1 aliphatic heterocycles. The minimum Gasteiger partial charge on any atom is -0.330 e. The fourth-order valence-corrected chi connectivity index (χ4v) is 3.50. The van der Waals surface area contributed by atoms with Gasteiger partial charge in [0.2, 0.25) is 0 Å². The molecule has 1 heterocycles. The van der Waals surface area contributed by atoms with Crippen molar-refractivity contribution in [1.29, 1.82) is 0 Å². The number of alkyl halides is 3. The van der Waals surface area contributed by atoms with Crippen LogP contribution in [-0.4, -0.2) is 12.3 Å². The zero-order valence-electron chi connectivity index (χ0n) is 13.4. The first-order valence-corrected chi connectivity index (χ1v) is 8.25. The third-order valence-electron chi connectivity index (χ3n) is 4.93. The fraction of sp³-hybridized carbons (Fsp3) is 0.421. The minimum absolute atomic E-state index is 0.333. The Kier molecular flexibility index (Phi) is 4.63. The van der Waals surface area contributed by atoms with Crippen LogP contribution in [0.25, 0.3) is 5.70 Å². The summed E-state index contributed by atoms with van der Waals surface area (Å²) < 4.78 is 38.7. The molecule has 0 spiro atoms. The number of allylic oxidation sites excluding steroid dienone is 2. The summed E-state index contributed by atoms with van der Waals surface area (Å²) in [5.41, 5.74) is 7.87. The summed E-state index contributed by atoms with van der Waals surface area (Å²) in [5, 5.41) is 0. The molecule has 3 rings (SSSR count). The largest absolute Gasteiger partial charge is 0.416 e. The normalized spacial score (nSPS) is 24.8. The van der Waals surface area contributed by atoms with Gasteiger partial charge in [-0.25, -0.2) is 0 Å². The van der Waals surface area contributed by atoms with Gasteiger partial charge in [0, 0.05) is 11.5 Å². The number of benzene rings is 1. The number of hydrogen-bond acceptors (Lipinski definition) is 2. The maximum atomic E-state index is 12.9. The second-order valence-electron chi connectivity index (χ2n) is 6.58. The van der Waals surface area contributed by atoms with Gasteiger partial charge in [0.25, 0.3) is 0 Å². The molecule has 1 aromatic carbocycles. The van der Waals surface area contributed by atoms with Crippen LogP contribution in [-0.2, 0) is 6.18 Å². The van der Waals surface area contributed by atoms with E-state index in [-0.39, 0.29) is 0 Å². The van der Waals surface area contributed by atoms with Crippen molar-refractivity contribution in [2.45, 2.75) is 31.9 Å². The smallest absolute Gasteiger partial charge is 0.330 e. The average Bonchev–Trinajstić information content (AvgIpc) is 2.96. The number of hydrogen-bond donors (Lipinski definition) is 1. The van der Waals surface area contributed by atoms with Gasteiger partial charge in [-0.05, 0) is 61.9 Å². The third-order valence-corrected chi connectivity index (χ3v) is 4.93. The molecule has 2 nitrogen and oxygen atoms in total. The van der Waals surface area contributed by atoms with E-state index < -0.39 is 11.7 Å². The molecule has 1 saturated carbocycles. The average molecular weight is 334 g/mol. The van der Waals surface area contributed by atoms with Crippen LogP contribution in [0.3, 0.4) is 0 Å². The maximum absolute atomic E-state index is 12.9. The van der Waals surface area contributed by atoms with Gasteiger partial charge in [0.1, 0.15) is 0 Å². The predicted molar refractivity (Wildman–Crippen MR) is 90.5 cm³/mol. The lowest BCUT2D eigenvalue weighted by Crippen LogP contribution is -2.25. The van der Waals surface area contributed by atoms with Gasteiger partial charge in [0.15, 0.2) is 0 Å². The van der Waals surface area contributed by atoms with Gasteiger partial charge in [-0.2, -0.15) is 13.2 Å². The summed E-state index contributed by atoms with van der Waals surface area (Å²) in [4.78, 5) is 4.62. The van der Waals surface area contributed by atoms with E-state index in [0.717, 1.165) is 49.1 Å². The lowest BCUT2D eigenvalue weighted by atomic mass is 9.78. The Balaban J connectivity index is 1.80. The summed E-state index contributed by atoms with van der Waals surface area (Å²) in [6.45, 7) is 4.76. The topological polar surface area (TPSA) is 38.4 Å². The van der Waals surface area contributed by atoms with E-state index in [1.165, 1.54) is 6.07 Å². The van der Waals surface area contributed by atoms with Crippen molar-refractivity contribution in [1.82, 2.24) is 0 Å². The Labute approximate surface area is 140 Å². The number of rotatable bonds is 3. The summed E-state index contributed by atoms with van der Waals surface area (Å²) in [5.74, 6) is 0.910. The van der Waals surface area contributed by atoms with Crippen molar-refractivity contribution in [2.75, 3.05) is 6.54 Å². The Hall–Kier alpha value is -1.88. The van der Waals surface area contributed by atoms with Crippen LogP contribution in [0.2, 0.25) is 0 Å². The lowest BCUT2D eigenvalue weighted by molar-refractivity contribution is -0.137. The van der Waals surface area contributed by atoms with Gasteiger partial charge in [-0.15, -0.1) is 0 Å². The standard InChI is InChI=1S/C19H21F3N2/c1-12-9-17(15-3-2-4-16(10-15)19(20,21)22)24-18(12)14-7-5-13(11-23)6-8-14/h2-4,9-10,13-14H,1,5-8,11,23H2/t13-,14-. The fourth-order valence-electron chi connectivity index (χ4n) is 3.50. The highest BCUT2D eigenvalue weighted by Gasteiger charge is 2.31. The first kappa shape index (κ1) is 17.0. The molecule has 5 heteroatoms. The van der Waals surface area contributed by atoms with E-state index in [4.69, 9.17) is 5.73 Å². The molecule has 1 aliphatic carbocycles. The molecule has 128 valence electrons. The van der Waals surface area contributed by atoms with Gasteiger partial charge >= 0.3 is 6.18 Å². The molecule has 0 atom stereocenters. The van der Waals surface area contributed by atoms with E-state index in [1.807, 2.05) is 0 Å². The first-order valence-electron chi connectivity index (χ1n) is 8.25. The van der Waals surface area contributed by atoms with E-state index in [1.54, 1.807) is 12.1 Å². The van der Waals surface area contributed by atoms with Crippen molar-refractivity contribution in [3.63, 3.8) is 0 Å². The molecular formula is C19H21F3N2. The number of nitrogens with zero attached hydrogens (tertiary/aromatic N) is 1. The Morgan fingerprint density at radius 3 is 2.50 bits per heavy atom. The van der Waals surface area contributed by atoms with E-state index in [9.17, 15) is 13.2 Å². The molecule has 2 N–H and O–H groups in total. The summed E-state index contributed by atoms with van der Waals surface area (Å²) >= 11 is 0. The number of halogens is 3. The van der Waals surface area contributed by atoms with Gasteiger partial charge in [-0.1, -0.05) is 18.7 Å². The lowest BCUT2D eigenvalue weighted by Gasteiger charge is -2.28. The zero-order valence-corrected chi connectivity index (χ0v) is 13.4. The van der Waals surface area contributed by atoms with Crippen molar-refractivity contribution in [2.24, 2.45) is 22.6 Å². The van der Waals surface area contributed by atoms with Crippen LogP contribution in [0.15, 0.2) is 47.5 Å². The molecule has 0 saturated heterocycles. The summed E-state index contributed by atoms with van der Waals surface area (Å²) in [6.07, 6.45) is 1.63. The Morgan fingerprint density at radius 2 is 1.88 bits per heavy atom. The van der Waals surface area contributed by atoms with Crippen LogP contribution in [0.1, 0.15) is 36.8 Å². The summed E-state index contributed by atoms with van der Waals surface area (Å²) in [7, 11) is 0. The minimum atomic E-state index is -4.35. The summed E-state index contributed by atoms with van der Waals surface area (Å²) in [6, 6.07) is 5.30. The molecule has 0 aromatic heterocycles. The molecule has 1 fully saturated rings. The molecule has 0 bridgehead atoms. The van der Waals surface area contributed by atoms with Gasteiger partial charge in [0.05, 0.1) is 17.0 Å². The highest BCUT2D eigenvalue weighted by atomic mass is 19.4. The molecule has 0 amide bonds. The molecule has 1 aromatic rings. The predicted octanol–water partition coefficient (Wildman–Crippen LogP) is 4.82. The second kappa shape index (κ2) is 6.55. The van der Waals surface area contributed by atoms with Gasteiger partial charge < -0.3 is 5.73 Å². The molecule has 0 unspecified atom stereocenters. The monoisotopic (exact) mass is 334 g/mol. The van der Waals surface area contributed by atoms with Crippen molar-refractivity contribution < 1.29 is 13.2 Å². The SMILES string of the molecule is C=C1C=C(c2cccc(C(F)(F)F)c2)N=C1[C@H]1CC[C@H](CN)CC1. The van der Waals surface area contributed by atoms with Crippen LogP contribution < -0.4 is 5.73 Å². The highest BCUT2D eigenvalue weighted by Crippen LogP contribution is 2.37. The van der Waals surface area contributed by atoms with Crippen molar-refractivity contribution in [3.8, 4) is 0 Å². The second-order valence-corrected chi connectivity index (χ2v) is 6.58. The molecule has 0 radical (unpaired) electrons. The van der Waals surface area contributed by atoms with Crippen LogP contribution in [0.5, 0.6) is 0 Å². The van der Waals surface area contributed by atoms with Crippen LogP contribution in [0, 0.1) is 11.8 Å². The Bertz CT molecular complexity index is 693. The molecular weight excluding hydrogens is 313 g/mol. The van der Waals surface area contributed by atoms with Crippen LogP contribution in [0.4, 0.5) is 13.2 Å². The zero-order chi connectivity index (χ0) is 17.3. The number of nitrogens with two attached hydrogens (primary N) is 1. The quantitative estimate of drug-likeness (QED) is 0.845. The number of aliphatic imine (C=N–C) groups is 1.